The smallest absolute Gasteiger partial charge is 0.394 e. The average Bonchev–Trinajstić information content (AvgIpc) is 3.11. The molecule has 2 aromatic rings. The number of hydrogen-bond acceptors (Lipinski definition) is 3. The number of alkyl halides is 3. The van der Waals surface area contributed by atoms with Crippen molar-refractivity contribution in [2.75, 3.05) is 13.1 Å². The van der Waals surface area contributed by atoms with Gasteiger partial charge >= 0.3 is 12.1 Å². The van der Waals surface area contributed by atoms with Crippen LogP contribution in [0.15, 0.2) is 29.6 Å². The number of rotatable bonds is 3. The molecule has 1 saturated heterocycles. The number of halogens is 3. The number of benzene rings is 1. The van der Waals surface area contributed by atoms with E-state index in [0.29, 0.717) is 0 Å². The second-order valence-electron chi connectivity index (χ2n) is 5.83. The molecule has 1 N–H and O–H groups in total. The second kappa shape index (κ2) is 6.08. The molecule has 2 atom stereocenters. The first-order valence-electron chi connectivity index (χ1n) is 7.30. The molecule has 0 saturated carbocycles. The second-order valence-corrected chi connectivity index (χ2v) is 6.74. The number of carboxylic acids is 1. The zero-order valence-corrected chi connectivity index (χ0v) is 13.2. The molecule has 1 aliphatic rings. The number of thiophene rings is 1. The Bertz CT molecular complexity index is 786. The third-order valence-electron chi connectivity index (χ3n) is 4.31. The lowest BCUT2D eigenvalue weighted by molar-refractivity contribution is -0.188. The van der Waals surface area contributed by atoms with Crippen LogP contribution in [0.5, 0.6) is 0 Å². The lowest BCUT2D eigenvalue weighted by Crippen LogP contribution is -2.34. The number of hydrogen-bond donors (Lipinski definition) is 1. The maximum Gasteiger partial charge on any atom is 0.394 e. The summed E-state index contributed by atoms with van der Waals surface area (Å²) in [6, 6.07) is 7.47. The van der Waals surface area contributed by atoms with Gasteiger partial charge < -0.3 is 10.0 Å². The Balaban J connectivity index is 1.77. The third kappa shape index (κ3) is 3.10. The highest BCUT2D eigenvalue weighted by atomic mass is 32.1. The van der Waals surface area contributed by atoms with Crippen LogP contribution in [0.25, 0.3) is 10.1 Å². The molecule has 2 heterocycles. The van der Waals surface area contributed by atoms with E-state index in [1.54, 1.807) is 0 Å². The normalized spacial score (nSPS) is 21.4. The van der Waals surface area contributed by atoms with Crippen molar-refractivity contribution in [1.29, 1.82) is 0 Å². The van der Waals surface area contributed by atoms with E-state index in [-0.39, 0.29) is 6.42 Å². The first kappa shape index (κ1) is 16.8. The van der Waals surface area contributed by atoms with E-state index in [9.17, 15) is 22.8 Å². The molecule has 0 bridgehead atoms. The first-order chi connectivity index (χ1) is 11.3. The Kier molecular flexibility index (Phi) is 4.25. The van der Waals surface area contributed by atoms with Gasteiger partial charge in [-0.05, 0) is 22.4 Å². The highest BCUT2D eigenvalue weighted by molar-refractivity contribution is 7.17. The van der Waals surface area contributed by atoms with Crippen molar-refractivity contribution in [3.05, 3.63) is 35.2 Å². The van der Waals surface area contributed by atoms with E-state index in [2.05, 4.69) is 0 Å². The van der Waals surface area contributed by atoms with Gasteiger partial charge in [0.15, 0.2) is 0 Å². The molecule has 1 fully saturated rings. The highest BCUT2D eigenvalue weighted by Crippen LogP contribution is 2.38. The third-order valence-corrected chi connectivity index (χ3v) is 5.33. The molecular formula is C16H14F3NO3S. The summed E-state index contributed by atoms with van der Waals surface area (Å²) in [5.41, 5.74) is 0.753. The van der Waals surface area contributed by atoms with Gasteiger partial charge in [0.2, 0.25) is 5.91 Å². The van der Waals surface area contributed by atoms with E-state index in [1.165, 1.54) is 11.3 Å². The maximum absolute atomic E-state index is 13.0. The number of amides is 1. The maximum atomic E-state index is 13.0. The van der Waals surface area contributed by atoms with Crippen LogP contribution in [-0.4, -0.2) is 41.1 Å². The lowest BCUT2D eigenvalue weighted by atomic mass is 9.96. The molecule has 3 rings (SSSR count). The molecule has 0 spiro atoms. The zero-order chi connectivity index (χ0) is 17.5. The fourth-order valence-electron chi connectivity index (χ4n) is 3.03. The van der Waals surface area contributed by atoms with Gasteiger partial charge in [0, 0.05) is 17.8 Å². The van der Waals surface area contributed by atoms with Crippen LogP contribution >= 0.6 is 11.3 Å². The van der Waals surface area contributed by atoms with Gasteiger partial charge in [0.25, 0.3) is 0 Å². The van der Waals surface area contributed by atoms with Crippen molar-refractivity contribution in [2.45, 2.75) is 12.6 Å². The number of carbonyl (C=O) groups excluding carboxylic acids is 1. The summed E-state index contributed by atoms with van der Waals surface area (Å²) in [5, 5.41) is 11.7. The van der Waals surface area contributed by atoms with Gasteiger partial charge in [-0.2, -0.15) is 13.2 Å². The SMILES string of the molecule is O=C(O)[C@@H]1CN(C(=O)Cc2csc3ccccc23)C[C@H]1C(F)(F)F. The summed E-state index contributed by atoms with van der Waals surface area (Å²) in [6.45, 7) is -0.998. The number of fused-ring (bicyclic) bond motifs is 1. The summed E-state index contributed by atoms with van der Waals surface area (Å²) in [6.07, 6.45) is -4.66. The Labute approximate surface area is 139 Å². The summed E-state index contributed by atoms with van der Waals surface area (Å²) in [4.78, 5) is 24.5. The van der Waals surface area contributed by atoms with Crippen molar-refractivity contribution in [2.24, 2.45) is 11.8 Å². The predicted molar refractivity (Wildman–Crippen MR) is 82.8 cm³/mol. The van der Waals surface area contributed by atoms with Crippen molar-refractivity contribution >= 4 is 33.3 Å². The molecule has 1 amide bonds. The van der Waals surface area contributed by atoms with E-state index in [0.717, 1.165) is 20.5 Å². The van der Waals surface area contributed by atoms with Crippen LogP contribution in [0.2, 0.25) is 0 Å². The molecule has 4 nitrogen and oxygen atoms in total. The van der Waals surface area contributed by atoms with E-state index >= 15 is 0 Å². The monoisotopic (exact) mass is 357 g/mol. The van der Waals surface area contributed by atoms with E-state index < -0.39 is 43.0 Å². The molecule has 1 aromatic carbocycles. The minimum Gasteiger partial charge on any atom is -0.481 e. The average molecular weight is 357 g/mol. The number of nitrogens with zero attached hydrogens (tertiary/aromatic N) is 1. The lowest BCUT2D eigenvalue weighted by Gasteiger charge is -2.18. The van der Waals surface area contributed by atoms with Crippen LogP contribution in [0.3, 0.4) is 0 Å². The van der Waals surface area contributed by atoms with E-state index in [4.69, 9.17) is 5.11 Å². The summed E-state index contributed by atoms with van der Waals surface area (Å²) in [5.74, 6) is -5.61. The molecule has 0 radical (unpaired) electrons. The van der Waals surface area contributed by atoms with Crippen molar-refractivity contribution < 1.29 is 27.9 Å². The van der Waals surface area contributed by atoms with Crippen LogP contribution in [0, 0.1) is 11.8 Å². The minimum atomic E-state index is -4.63. The highest BCUT2D eigenvalue weighted by Gasteiger charge is 2.53. The Morgan fingerprint density at radius 2 is 1.96 bits per heavy atom. The Morgan fingerprint density at radius 3 is 2.58 bits per heavy atom. The fourth-order valence-corrected chi connectivity index (χ4v) is 4.00. The van der Waals surface area contributed by atoms with Crippen LogP contribution < -0.4 is 0 Å². The Morgan fingerprint density at radius 1 is 1.25 bits per heavy atom. The van der Waals surface area contributed by atoms with Gasteiger partial charge in [-0.25, -0.2) is 0 Å². The summed E-state index contributed by atoms with van der Waals surface area (Å²) < 4.78 is 40.0. The standard InChI is InChI=1S/C16H14F3NO3S/c17-16(18,19)12-7-20(6-11(12)15(22)23)14(21)5-9-8-24-13-4-2-1-3-10(9)13/h1-4,8,11-12H,5-7H2,(H,22,23)/t11-,12-/m1/s1. The zero-order valence-electron chi connectivity index (χ0n) is 12.4. The minimum absolute atomic E-state index is 0.0269. The van der Waals surface area contributed by atoms with Crippen LogP contribution in [0.4, 0.5) is 13.2 Å². The summed E-state index contributed by atoms with van der Waals surface area (Å²) >= 11 is 1.46. The molecule has 8 heteroatoms. The number of carbonyl (C=O) groups is 2. The molecule has 0 aliphatic carbocycles. The van der Waals surface area contributed by atoms with Crippen molar-refractivity contribution in [1.82, 2.24) is 4.90 Å². The largest absolute Gasteiger partial charge is 0.481 e. The van der Waals surface area contributed by atoms with Gasteiger partial charge in [-0.3, -0.25) is 9.59 Å². The van der Waals surface area contributed by atoms with Gasteiger partial charge in [-0.1, -0.05) is 18.2 Å². The van der Waals surface area contributed by atoms with Crippen molar-refractivity contribution in [3.8, 4) is 0 Å². The molecule has 1 aromatic heterocycles. The predicted octanol–water partition coefficient (Wildman–Crippen LogP) is 3.17. The number of carboxylic acid groups (broad SMARTS) is 1. The van der Waals surface area contributed by atoms with Crippen LogP contribution in [0.1, 0.15) is 5.56 Å². The first-order valence-corrected chi connectivity index (χ1v) is 8.17. The Hall–Kier alpha value is -2.09. The van der Waals surface area contributed by atoms with Gasteiger partial charge in [-0.15, -0.1) is 11.3 Å². The quantitative estimate of drug-likeness (QED) is 0.918. The number of aliphatic carboxylic acids is 1. The molecular weight excluding hydrogens is 343 g/mol. The van der Waals surface area contributed by atoms with Gasteiger partial charge in [0.1, 0.15) is 0 Å². The fraction of sp³-hybridized carbons (Fsp3) is 0.375. The van der Waals surface area contributed by atoms with Gasteiger partial charge in [0.05, 0.1) is 18.3 Å². The van der Waals surface area contributed by atoms with Crippen molar-refractivity contribution in [3.63, 3.8) is 0 Å². The van der Waals surface area contributed by atoms with Crippen LogP contribution in [-0.2, 0) is 16.0 Å². The molecule has 128 valence electrons. The molecule has 1 aliphatic heterocycles. The van der Waals surface area contributed by atoms with E-state index in [1.807, 2.05) is 29.6 Å². The number of likely N-dealkylation sites (tertiary alicyclic amines) is 1. The summed E-state index contributed by atoms with van der Waals surface area (Å²) in [7, 11) is 0. The molecule has 0 unspecified atom stereocenters. The topological polar surface area (TPSA) is 57.6 Å². The molecule has 24 heavy (non-hydrogen) atoms.